The first-order chi connectivity index (χ1) is 15.4. The summed E-state index contributed by atoms with van der Waals surface area (Å²) in [5.74, 6) is 0.581. The Morgan fingerprint density at radius 2 is 1.84 bits per heavy atom. The highest BCUT2D eigenvalue weighted by Crippen LogP contribution is 2.30. The van der Waals surface area contributed by atoms with Gasteiger partial charge >= 0.3 is 0 Å². The molecule has 32 heavy (non-hydrogen) atoms. The van der Waals surface area contributed by atoms with Crippen LogP contribution in [0.15, 0.2) is 54.6 Å². The van der Waals surface area contributed by atoms with Gasteiger partial charge < -0.3 is 20.6 Å². The van der Waals surface area contributed by atoms with Gasteiger partial charge in [-0.25, -0.2) is 4.98 Å². The van der Waals surface area contributed by atoms with Crippen LogP contribution in [0.4, 0.5) is 22.9 Å². The summed E-state index contributed by atoms with van der Waals surface area (Å²) in [4.78, 5) is 19.6. The van der Waals surface area contributed by atoms with Crippen LogP contribution in [-0.2, 0) is 0 Å². The van der Waals surface area contributed by atoms with Crippen molar-refractivity contribution in [2.45, 2.75) is 25.9 Å². The van der Waals surface area contributed by atoms with E-state index in [0.29, 0.717) is 32.7 Å². The van der Waals surface area contributed by atoms with Gasteiger partial charge in [-0.3, -0.25) is 4.79 Å². The zero-order valence-electron chi connectivity index (χ0n) is 17.6. The Labute approximate surface area is 197 Å². The molecule has 0 bridgehead atoms. The van der Waals surface area contributed by atoms with E-state index in [0.717, 1.165) is 37.4 Å². The summed E-state index contributed by atoms with van der Waals surface area (Å²) in [6.07, 6.45) is 1.21. The lowest BCUT2D eigenvalue weighted by Crippen LogP contribution is -2.36. The molecule has 1 aromatic heterocycles. The quantitative estimate of drug-likeness (QED) is 0.448. The number of aryl methyl sites for hydroxylation is 1. The van der Waals surface area contributed by atoms with Gasteiger partial charge in [0.05, 0.1) is 28.1 Å². The molecule has 1 amide bonds. The molecule has 0 aliphatic carbocycles. The van der Waals surface area contributed by atoms with Crippen molar-refractivity contribution in [1.82, 2.24) is 4.98 Å². The second-order valence-corrected chi connectivity index (χ2v) is 8.65. The molecule has 2 aromatic carbocycles. The lowest BCUT2D eigenvalue weighted by Gasteiger charge is -2.30. The highest BCUT2D eigenvalue weighted by molar-refractivity contribution is 6.33. The van der Waals surface area contributed by atoms with Crippen molar-refractivity contribution in [2.75, 3.05) is 28.6 Å². The molecule has 3 aromatic rings. The van der Waals surface area contributed by atoms with E-state index in [2.05, 4.69) is 20.5 Å². The number of hydrogen-bond donors (Lipinski definition) is 3. The van der Waals surface area contributed by atoms with Crippen molar-refractivity contribution in [1.29, 1.82) is 0 Å². The van der Waals surface area contributed by atoms with Gasteiger partial charge in [0.1, 0.15) is 5.82 Å². The van der Waals surface area contributed by atoms with Crippen molar-refractivity contribution in [2.24, 2.45) is 0 Å². The van der Waals surface area contributed by atoms with E-state index >= 15 is 0 Å². The Hall–Kier alpha value is -2.80. The van der Waals surface area contributed by atoms with Crippen molar-refractivity contribution in [3.05, 3.63) is 75.9 Å². The lowest BCUT2D eigenvalue weighted by atomic mass is 10.1. The van der Waals surface area contributed by atoms with Gasteiger partial charge in [-0.1, -0.05) is 29.3 Å². The van der Waals surface area contributed by atoms with Crippen LogP contribution in [0.3, 0.4) is 0 Å². The van der Waals surface area contributed by atoms with E-state index < -0.39 is 0 Å². The first kappa shape index (κ1) is 22.4. The molecular formula is C24H24Cl2N4O2. The Balaban J connectivity index is 1.47. The number of pyridine rings is 1. The lowest BCUT2D eigenvalue weighted by molar-refractivity contribution is 0.102. The van der Waals surface area contributed by atoms with Crippen molar-refractivity contribution in [3.8, 4) is 0 Å². The molecule has 1 aliphatic heterocycles. The molecule has 4 rings (SSSR count). The fourth-order valence-electron chi connectivity index (χ4n) is 3.68. The highest BCUT2D eigenvalue weighted by Gasteiger charge is 2.19. The normalized spacial score (nSPS) is 14.3. The smallest absolute Gasteiger partial charge is 0.257 e. The number of nitrogens with one attached hydrogen (secondary N) is 2. The molecule has 0 radical (unpaired) electrons. The third kappa shape index (κ3) is 5.33. The molecule has 166 valence electrons. The summed E-state index contributed by atoms with van der Waals surface area (Å²) in [6, 6.07) is 16.2. The van der Waals surface area contributed by atoms with Gasteiger partial charge in [0.25, 0.3) is 5.91 Å². The minimum absolute atomic E-state index is 0.241. The third-order valence-electron chi connectivity index (χ3n) is 5.43. The van der Waals surface area contributed by atoms with Gasteiger partial charge in [0.15, 0.2) is 0 Å². The summed E-state index contributed by atoms with van der Waals surface area (Å²) >= 11 is 12.4. The molecule has 0 spiro atoms. The summed E-state index contributed by atoms with van der Waals surface area (Å²) in [6.45, 7) is 3.34. The second kappa shape index (κ2) is 9.77. The number of amides is 1. The predicted octanol–water partition coefficient (Wildman–Crippen LogP) is 5.65. The number of carbonyl (C=O) groups excluding carboxylic acids is 1. The molecule has 0 saturated carbocycles. The predicted molar refractivity (Wildman–Crippen MR) is 131 cm³/mol. The van der Waals surface area contributed by atoms with Crippen LogP contribution in [0.25, 0.3) is 0 Å². The Morgan fingerprint density at radius 1 is 1.06 bits per heavy atom. The van der Waals surface area contributed by atoms with E-state index in [1.54, 1.807) is 36.4 Å². The summed E-state index contributed by atoms with van der Waals surface area (Å²) in [5.41, 5.74) is 3.22. The van der Waals surface area contributed by atoms with Crippen molar-refractivity contribution >= 4 is 52.0 Å². The van der Waals surface area contributed by atoms with Crippen LogP contribution in [0.5, 0.6) is 0 Å². The number of aliphatic hydroxyl groups excluding tert-OH is 1. The first-order valence-corrected chi connectivity index (χ1v) is 11.2. The average molecular weight is 471 g/mol. The van der Waals surface area contributed by atoms with Crippen molar-refractivity contribution < 1.29 is 9.90 Å². The number of benzene rings is 2. The molecule has 8 heteroatoms. The second-order valence-electron chi connectivity index (χ2n) is 7.80. The molecule has 6 nitrogen and oxygen atoms in total. The summed E-state index contributed by atoms with van der Waals surface area (Å²) < 4.78 is 0. The van der Waals surface area contributed by atoms with E-state index in [4.69, 9.17) is 23.2 Å². The number of hydrogen-bond acceptors (Lipinski definition) is 5. The number of carbonyl (C=O) groups is 1. The Bertz CT molecular complexity index is 1130. The fourth-order valence-corrected chi connectivity index (χ4v) is 4.03. The maximum Gasteiger partial charge on any atom is 0.257 e. The zero-order chi connectivity index (χ0) is 22.7. The topological polar surface area (TPSA) is 77.5 Å². The van der Waals surface area contributed by atoms with E-state index in [1.807, 2.05) is 25.1 Å². The molecular weight excluding hydrogens is 447 g/mol. The zero-order valence-corrected chi connectivity index (χ0v) is 19.1. The maximum atomic E-state index is 12.9. The monoisotopic (exact) mass is 470 g/mol. The number of piperidine rings is 1. The minimum atomic E-state index is -0.244. The van der Waals surface area contributed by atoms with E-state index in [-0.39, 0.29) is 12.0 Å². The summed E-state index contributed by atoms with van der Waals surface area (Å²) in [5, 5.41) is 17.0. The average Bonchev–Trinajstić information content (AvgIpc) is 2.76. The number of nitrogens with zero attached hydrogens (tertiary/aromatic N) is 2. The van der Waals surface area contributed by atoms with Crippen LogP contribution >= 0.6 is 23.2 Å². The SMILES string of the molecule is Cc1nc(N2CCC(O)CC2)ccc1C(=O)Nc1ccc(Cl)c(Nc2cccc(Cl)c2)c1. The van der Waals surface area contributed by atoms with Gasteiger partial charge in [0, 0.05) is 29.5 Å². The van der Waals surface area contributed by atoms with Gasteiger partial charge in [-0.15, -0.1) is 0 Å². The van der Waals surface area contributed by atoms with Crippen LogP contribution < -0.4 is 15.5 Å². The van der Waals surface area contributed by atoms with Gasteiger partial charge in [0.2, 0.25) is 0 Å². The highest BCUT2D eigenvalue weighted by atomic mass is 35.5. The third-order valence-corrected chi connectivity index (χ3v) is 6.00. The molecule has 1 fully saturated rings. The Kier molecular flexibility index (Phi) is 6.84. The van der Waals surface area contributed by atoms with Gasteiger partial charge in [-0.05, 0) is 68.3 Å². The number of aliphatic hydroxyl groups is 1. The molecule has 0 atom stereocenters. The van der Waals surface area contributed by atoms with E-state index in [9.17, 15) is 9.90 Å². The number of aromatic nitrogens is 1. The fraction of sp³-hybridized carbons (Fsp3) is 0.250. The molecule has 1 saturated heterocycles. The molecule has 1 aliphatic rings. The van der Waals surface area contributed by atoms with Crippen LogP contribution in [0.1, 0.15) is 28.9 Å². The van der Waals surface area contributed by atoms with Crippen LogP contribution in [0.2, 0.25) is 10.0 Å². The summed E-state index contributed by atoms with van der Waals surface area (Å²) in [7, 11) is 0. The van der Waals surface area contributed by atoms with E-state index in [1.165, 1.54) is 0 Å². The standard InChI is InChI=1S/C24H24Cl2N4O2/c1-15-20(6-8-23(27-15)30-11-9-19(31)10-12-30)24(32)29-18-5-7-21(26)22(14-18)28-17-4-2-3-16(25)13-17/h2-8,13-14,19,28,31H,9-12H2,1H3,(H,29,32). The van der Waals surface area contributed by atoms with Crippen LogP contribution in [-0.4, -0.2) is 35.2 Å². The molecule has 2 heterocycles. The Morgan fingerprint density at radius 3 is 2.56 bits per heavy atom. The largest absolute Gasteiger partial charge is 0.393 e. The number of halogens is 2. The minimum Gasteiger partial charge on any atom is -0.393 e. The van der Waals surface area contributed by atoms with Crippen molar-refractivity contribution in [3.63, 3.8) is 0 Å². The van der Waals surface area contributed by atoms with Gasteiger partial charge in [-0.2, -0.15) is 0 Å². The molecule has 3 N–H and O–H groups in total. The number of anilines is 4. The molecule has 0 unspecified atom stereocenters. The maximum absolute atomic E-state index is 12.9. The number of rotatable bonds is 5. The van der Waals surface area contributed by atoms with Crippen LogP contribution in [0, 0.1) is 6.92 Å². The first-order valence-electron chi connectivity index (χ1n) is 10.4.